The van der Waals surface area contributed by atoms with E-state index in [9.17, 15) is 9.90 Å². The van der Waals surface area contributed by atoms with E-state index in [1.807, 2.05) is 42.2 Å². The first-order valence-electron chi connectivity index (χ1n) is 11.2. The van der Waals surface area contributed by atoms with Gasteiger partial charge in [0.2, 0.25) is 5.91 Å². The Hall–Kier alpha value is -3.11. The fourth-order valence-corrected chi connectivity index (χ4v) is 4.37. The molecule has 0 spiro atoms. The number of likely N-dealkylation sites (tertiary alicyclic amines) is 1. The monoisotopic (exact) mass is 550 g/mol. The van der Waals surface area contributed by atoms with Crippen LogP contribution in [0.15, 0.2) is 46.9 Å². The summed E-state index contributed by atoms with van der Waals surface area (Å²) >= 11 is 3.38. The lowest BCUT2D eigenvalue weighted by Gasteiger charge is -2.34. The van der Waals surface area contributed by atoms with Crippen molar-refractivity contribution in [2.45, 2.75) is 32.9 Å². The van der Waals surface area contributed by atoms with E-state index in [4.69, 9.17) is 24.5 Å². The van der Waals surface area contributed by atoms with Crippen molar-refractivity contribution in [1.82, 2.24) is 9.80 Å². The molecule has 1 saturated heterocycles. The number of aromatic hydroxyl groups is 1. The summed E-state index contributed by atoms with van der Waals surface area (Å²) in [7, 11) is 1.55. The summed E-state index contributed by atoms with van der Waals surface area (Å²) in [4.78, 5) is 35.5. The number of nitrogens with zero attached hydrogens (tertiary/aromatic N) is 2. The van der Waals surface area contributed by atoms with Gasteiger partial charge < -0.3 is 25.0 Å². The third kappa shape index (κ3) is 8.56. The summed E-state index contributed by atoms with van der Waals surface area (Å²) in [6, 6.07) is 14.0. The molecular weight excluding hydrogens is 520 g/mol. The Morgan fingerprint density at radius 1 is 1.06 bits per heavy atom. The molecule has 0 radical (unpaired) electrons. The molecule has 3 rings (SSSR count). The Balaban J connectivity index is 0.000000641. The zero-order chi connectivity index (χ0) is 26.0. The van der Waals surface area contributed by atoms with Crippen molar-refractivity contribution in [3.8, 4) is 11.5 Å². The summed E-state index contributed by atoms with van der Waals surface area (Å²) in [6.45, 7) is 6.01. The van der Waals surface area contributed by atoms with Crippen molar-refractivity contribution < 1.29 is 34.4 Å². The average Bonchev–Trinajstić information content (AvgIpc) is 2.85. The minimum Gasteiger partial charge on any atom is -0.503 e. The second-order valence-corrected chi connectivity index (χ2v) is 8.98. The third-order valence-electron chi connectivity index (χ3n) is 5.74. The zero-order valence-corrected chi connectivity index (χ0v) is 21.4. The average molecular weight is 551 g/mol. The summed E-state index contributed by atoms with van der Waals surface area (Å²) in [5.41, 5.74) is 2.25. The standard InChI is InChI=1S/C23H29BrN2O3.C2H2O4/c1-3-26(16-17-7-5-4-6-8-17)23(28)19-9-11-25(12-10-19)15-18-13-20(24)22(27)21(14-18)29-2;3-1(4)2(5)6/h4-8,13-14,19,27H,3,9-12,15-16H2,1-2H3;(H,3,4)(H,5,6). The van der Waals surface area contributed by atoms with Crippen LogP contribution in [0.3, 0.4) is 0 Å². The van der Waals surface area contributed by atoms with Crippen LogP contribution in [0.4, 0.5) is 0 Å². The first-order chi connectivity index (χ1) is 16.7. The number of phenols is 1. The van der Waals surface area contributed by atoms with Gasteiger partial charge >= 0.3 is 11.9 Å². The van der Waals surface area contributed by atoms with Gasteiger partial charge in [-0.25, -0.2) is 9.59 Å². The van der Waals surface area contributed by atoms with Gasteiger partial charge in [0.05, 0.1) is 11.6 Å². The number of carbonyl (C=O) groups is 3. The van der Waals surface area contributed by atoms with Gasteiger partial charge in [-0.05, 0) is 72.0 Å². The maximum atomic E-state index is 13.0. The molecule has 1 amide bonds. The number of carboxylic acids is 2. The molecule has 3 N–H and O–H groups in total. The molecule has 190 valence electrons. The van der Waals surface area contributed by atoms with E-state index in [0.29, 0.717) is 16.8 Å². The van der Waals surface area contributed by atoms with Crippen LogP contribution in [-0.2, 0) is 27.5 Å². The molecule has 2 aromatic carbocycles. The van der Waals surface area contributed by atoms with Crippen LogP contribution >= 0.6 is 15.9 Å². The predicted octanol–water partition coefficient (Wildman–Crippen LogP) is 3.58. The molecule has 35 heavy (non-hydrogen) atoms. The molecule has 1 aliphatic heterocycles. The Kier molecular flexibility index (Phi) is 11.0. The van der Waals surface area contributed by atoms with E-state index in [1.165, 1.54) is 5.56 Å². The van der Waals surface area contributed by atoms with E-state index in [1.54, 1.807) is 7.11 Å². The van der Waals surface area contributed by atoms with Gasteiger partial charge in [-0.1, -0.05) is 30.3 Å². The van der Waals surface area contributed by atoms with Crippen molar-refractivity contribution >= 4 is 33.8 Å². The molecule has 1 fully saturated rings. The normalized spacial score (nSPS) is 13.9. The lowest BCUT2D eigenvalue weighted by atomic mass is 9.94. The molecule has 10 heteroatoms. The number of halogens is 1. The molecule has 9 nitrogen and oxygen atoms in total. The number of hydrogen-bond donors (Lipinski definition) is 3. The van der Waals surface area contributed by atoms with Gasteiger partial charge in [0.15, 0.2) is 11.5 Å². The molecule has 0 saturated carbocycles. The summed E-state index contributed by atoms with van der Waals surface area (Å²) in [5, 5.41) is 24.8. The molecule has 0 aliphatic carbocycles. The molecule has 1 heterocycles. The Bertz CT molecular complexity index is 996. The van der Waals surface area contributed by atoms with E-state index in [0.717, 1.165) is 44.6 Å². The number of ether oxygens (including phenoxy) is 1. The maximum absolute atomic E-state index is 13.0. The van der Waals surface area contributed by atoms with Gasteiger partial charge in [-0.15, -0.1) is 0 Å². The molecule has 0 bridgehead atoms. The Morgan fingerprint density at radius 2 is 1.66 bits per heavy atom. The highest BCUT2D eigenvalue weighted by Gasteiger charge is 2.28. The van der Waals surface area contributed by atoms with Crippen LogP contribution in [0.2, 0.25) is 0 Å². The quantitative estimate of drug-likeness (QED) is 0.446. The van der Waals surface area contributed by atoms with Gasteiger partial charge in [-0.2, -0.15) is 0 Å². The second-order valence-electron chi connectivity index (χ2n) is 8.13. The summed E-state index contributed by atoms with van der Waals surface area (Å²) in [6.07, 6.45) is 1.75. The number of benzene rings is 2. The lowest BCUT2D eigenvalue weighted by molar-refractivity contribution is -0.159. The van der Waals surface area contributed by atoms with E-state index in [2.05, 4.69) is 33.0 Å². The molecule has 1 aliphatic rings. The minimum atomic E-state index is -1.82. The lowest BCUT2D eigenvalue weighted by Crippen LogP contribution is -2.42. The Morgan fingerprint density at radius 3 is 2.17 bits per heavy atom. The van der Waals surface area contributed by atoms with Crippen LogP contribution in [-0.4, -0.2) is 69.7 Å². The van der Waals surface area contributed by atoms with Crippen LogP contribution in [0.1, 0.15) is 30.9 Å². The number of carbonyl (C=O) groups excluding carboxylic acids is 1. The number of phenolic OH excluding ortho intramolecular Hbond substituents is 1. The summed E-state index contributed by atoms with van der Waals surface area (Å²) in [5.74, 6) is -2.69. The molecule has 0 unspecified atom stereocenters. The maximum Gasteiger partial charge on any atom is 0.414 e. The number of aliphatic carboxylic acids is 2. The SMILES string of the molecule is CCN(Cc1ccccc1)C(=O)C1CCN(Cc2cc(Br)c(O)c(OC)c2)CC1.O=C(O)C(=O)O. The van der Waals surface area contributed by atoms with Gasteiger partial charge in [0.25, 0.3) is 0 Å². The second kappa shape index (κ2) is 13.7. The van der Waals surface area contributed by atoms with Crippen molar-refractivity contribution in [2.24, 2.45) is 5.92 Å². The number of hydrogen-bond acceptors (Lipinski definition) is 6. The number of rotatable bonds is 7. The van der Waals surface area contributed by atoms with Crippen LogP contribution < -0.4 is 4.74 Å². The largest absolute Gasteiger partial charge is 0.503 e. The van der Waals surface area contributed by atoms with E-state index < -0.39 is 11.9 Å². The number of carboxylic acid groups (broad SMARTS) is 2. The number of piperidine rings is 1. The minimum absolute atomic E-state index is 0.0935. The van der Waals surface area contributed by atoms with Crippen LogP contribution in [0, 0.1) is 5.92 Å². The van der Waals surface area contributed by atoms with Crippen molar-refractivity contribution in [3.05, 3.63) is 58.1 Å². The van der Waals surface area contributed by atoms with Gasteiger partial charge in [0.1, 0.15) is 0 Å². The van der Waals surface area contributed by atoms with E-state index >= 15 is 0 Å². The number of amides is 1. The fraction of sp³-hybridized carbons (Fsp3) is 0.400. The first kappa shape index (κ1) is 28.1. The highest BCUT2D eigenvalue weighted by molar-refractivity contribution is 9.10. The molecule has 0 aromatic heterocycles. The zero-order valence-electron chi connectivity index (χ0n) is 19.8. The van der Waals surface area contributed by atoms with Crippen molar-refractivity contribution in [1.29, 1.82) is 0 Å². The highest BCUT2D eigenvalue weighted by atomic mass is 79.9. The van der Waals surface area contributed by atoms with Crippen LogP contribution in [0.25, 0.3) is 0 Å². The highest BCUT2D eigenvalue weighted by Crippen LogP contribution is 2.35. The predicted molar refractivity (Wildman–Crippen MR) is 133 cm³/mol. The van der Waals surface area contributed by atoms with Crippen molar-refractivity contribution in [2.75, 3.05) is 26.7 Å². The number of methoxy groups -OCH3 is 1. The topological polar surface area (TPSA) is 128 Å². The molecule has 0 atom stereocenters. The van der Waals surface area contributed by atoms with E-state index in [-0.39, 0.29) is 17.6 Å². The smallest absolute Gasteiger partial charge is 0.414 e. The fourth-order valence-electron chi connectivity index (χ4n) is 3.88. The molecule has 2 aromatic rings. The van der Waals surface area contributed by atoms with Crippen molar-refractivity contribution in [3.63, 3.8) is 0 Å². The summed E-state index contributed by atoms with van der Waals surface area (Å²) < 4.78 is 5.88. The Labute approximate surface area is 213 Å². The van der Waals surface area contributed by atoms with Crippen LogP contribution in [0.5, 0.6) is 11.5 Å². The molecular formula is C25H31BrN2O7. The first-order valence-corrected chi connectivity index (χ1v) is 12.0. The van der Waals surface area contributed by atoms with Gasteiger partial charge in [-0.3, -0.25) is 9.69 Å². The van der Waals surface area contributed by atoms with Gasteiger partial charge in [0, 0.05) is 25.6 Å². The third-order valence-corrected chi connectivity index (χ3v) is 6.35.